The quantitative estimate of drug-likeness (QED) is 0.699. The second kappa shape index (κ2) is 9.78. The summed E-state index contributed by atoms with van der Waals surface area (Å²) in [5, 5.41) is 2.92. The van der Waals surface area contributed by atoms with Crippen molar-refractivity contribution in [2.45, 2.75) is 39.3 Å². The van der Waals surface area contributed by atoms with E-state index in [-0.39, 0.29) is 24.4 Å². The van der Waals surface area contributed by atoms with Crippen LogP contribution < -0.4 is 14.8 Å². The second-order valence-corrected chi connectivity index (χ2v) is 6.69. The smallest absolute Gasteiger partial charge is 0.308 e. The molecule has 1 N–H and O–H groups in total. The van der Waals surface area contributed by atoms with Gasteiger partial charge in [0.1, 0.15) is 11.5 Å². The van der Waals surface area contributed by atoms with Crippen molar-refractivity contribution in [3.05, 3.63) is 59.2 Å². The third-order valence-electron chi connectivity index (χ3n) is 4.26. The molecule has 6 heteroatoms. The summed E-state index contributed by atoms with van der Waals surface area (Å²) in [7, 11) is 3.08. The summed E-state index contributed by atoms with van der Waals surface area (Å²) in [6, 6.07) is 12.1. The number of hydrogen-bond donors (Lipinski definition) is 1. The molecule has 1 amide bonds. The Hall–Kier alpha value is -3.02. The van der Waals surface area contributed by atoms with Crippen molar-refractivity contribution in [2.75, 3.05) is 14.2 Å². The van der Waals surface area contributed by atoms with E-state index in [1.807, 2.05) is 37.3 Å². The van der Waals surface area contributed by atoms with Crippen LogP contribution in [0.5, 0.6) is 11.5 Å². The molecule has 0 aliphatic carbocycles. The maximum absolute atomic E-state index is 12.9. The SMILES string of the molecule is COc1cc(C(=O)NC(CC(=O)OC(C)C)c2ccccc2)cc(OC)c1C. The molecule has 0 fully saturated rings. The van der Waals surface area contributed by atoms with Crippen LogP contribution in [0.1, 0.15) is 47.8 Å². The van der Waals surface area contributed by atoms with Crippen molar-refractivity contribution >= 4 is 11.9 Å². The zero-order valence-electron chi connectivity index (χ0n) is 16.9. The van der Waals surface area contributed by atoms with Crippen LogP contribution in [0.25, 0.3) is 0 Å². The van der Waals surface area contributed by atoms with E-state index in [9.17, 15) is 9.59 Å². The second-order valence-electron chi connectivity index (χ2n) is 6.69. The molecule has 0 bridgehead atoms. The lowest BCUT2D eigenvalue weighted by Gasteiger charge is -2.20. The molecule has 0 aliphatic rings. The molecular formula is C22H27NO5. The highest BCUT2D eigenvalue weighted by Gasteiger charge is 2.22. The summed E-state index contributed by atoms with van der Waals surface area (Å²) in [5.41, 5.74) is 2.02. The molecule has 1 atom stereocenters. The lowest BCUT2D eigenvalue weighted by molar-refractivity contribution is -0.147. The van der Waals surface area contributed by atoms with E-state index in [2.05, 4.69) is 5.32 Å². The number of hydrogen-bond acceptors (Lipinski definition) is 5. The largest absolute Gasteiger partial charge is 0.496 e. The van der Waals surface area contributed by atoms with Crippen molar-refractivity contribution < 1.29 is 23.8 Å². The summed E-state index contributed by atoms with van der Waals surface area (Å²) in [6.45, 7) is 5.44. The summed E-state index contributed by atoms with van der Waals surface area (Å²) in [5.74, 6) is 0.408. The van der Waals surface area contributed by atoms with E-state index >= 15 is 0 Å². The van der Waals surface area contributed by atoms with Crippen molar-refractivity contribution in [1.29, 1.82) is 0 Å². The lowest BCUT2D eigenvalue weighted by atomic mass is 10.0. The Morgan fingerprint density at radius 1 is 1.00 bits per heavy atom. The zero-order valence-corrected chi connectivity index (χ0v) is 16.9. The Bertz CT molecular complexity index is 792. The van der Waals surface area contributed by atoms with Crippen molar-refractivity contribution in [1.82, 2.24) is 5.32 Å². The van der Waals surface area contributed by atoms with Gasteiger partial charge in [0, 0.05) is 11.1 Å². The fourth-order valence-corrected chi connectivity index (χ4v) is 2.87. The minimum atomic E-state index is -0.516. The Morgan fingerprint density at radius 3 is 2.07 bits per heavy atom. The molecule has 0 aromatic heterocycles. The van der Waals surface area contributed by atoms with Crippen LogP contribution >= 0.6 is 0 Å². The fourth-order valence-electron chi connectivity index (χ4n) is 2.87. The van der Waals surface area contributed by atoms with E-state index in [0.717, 1.165) is 11.1 Å². The van der Waals surface area contributed by atoms with Gasteiger partial charge >= 0.3 is 5.97 Å². The number of amides is 1. The maximum atomic E-state index is 12.9. The van der Waals surface area contributed by atoms with Crippen molar-refractivity contribution in [3.63, 3.8) is 0 Å². The number of ether oxygens (including phenoxy) is 3. The van der Waals surface area contributed by atoms with Crippen LogP contribution in [-0.4, -0.2) is 32.2 Å². The normalized spacial score (nSPS) is 11.6. The van der Waals surface area contributed by atoms with Gasteiger partial charge in [-0.25, -0.2) is 0 Å². The van der Waals surface area contributed by atoms with Crippen molar-refractivity contribution in [2.24, 2.45) is 0 Å². The molecule has 2 aromatic carbocycles. The first-order chi connectivity index (χ1) is 13.3. The van der Waals surface area contributed by atoms with Crippen LogP contribution in [0.2, 0.25) is 0 Å². The molecule has 0 spiro atoms. The van der Waals surface area contributed by atoms with Crippen LogP contribution in [0.4, 0.5) is 0 Å². The van der Waals surface area contributed by atoms with Gasteiger partial charge in [-0.1, -0.05) is 30.3 Å². The predicted molar refractivity (Wildman–Crippen MR) is 107 cm³/mol. The molecule has 0 saturated heterocycles. The van der Waals surface area contributed by atoms with Gasteiger partial charge < -0.3 is 19.5 Å². The number of carbonyl (C=O) groups is 2. The molecule has 2 rings (SSSR count). The van der Waals surface area contributed by atoms with Crippen molar-refractivity contribution in [3.8, 4) is 11.5 Å². The van der Waals surface area contributed by atoms with E-state index in [4.69, 9.17) is 14.2 Å². The predicted octanol–water partition coefficient (Wildman–Crippen LogP) is 3.83. The van der Waals surface area contributed by atoms with Gasteiger partial charge in [0.05, 0.1) is 32.8 Å². The molecule has 0 saturated carbocycles. The monoisotopic (exact) mass is 385 g/mol. The summed E-state index contributed by atoms with van der Waals surface area (Å²) in [6.07, 6.45) is -0.182. The molecule has 2 aromatic rings. The van der Waals surface area contributed by atoms with Crippen LogP contribution in [0, 0.1) is 6.92 Å². The maximum Gasteiger partial charge on any atom is 0.308 e. The van der Waals surface area contributed by atoms with E-state index in [1.165, 1.54) is 14.2 Å². The van der Waals surface area contributed by atoms with Gasteiger partial charge in [-0.3, -0.25) is 9.59 Å². The molecular weight excluding hydrogens is 358 g/mol. The highest BCUT2D eigenvalue weighted by atomic mass is 16.5. The number of benzene rings is 2. The van der Waals surface area contributed by atoms with E-state index in [0.29, 0.717) is 17.1 Å². The Morgan fingerprint density at radius 2 is 1.57 bits per heavy atom. The van der Waals surface area contributed by atoms with Crippen LogP contribution in [-0.2, 0) is 9.53 Å². The Balaban J connectivity index is 2.28. The Kier molecular flexibility index (Phi) is 7.44. The standard InChI is InChI=1S/C22H27NO5/c1-14(2)28-21(24)13-18(16-9-7-6-8-10-16)23-22(25)17-11-19(26-4)15(3)20(12-17)27-5/h6-12,14,18H,13H2,1-5H3,(H,23,25). The molecule has 0 heterocycles. The zero-order chi connectivity index (χ0) is 20.7. The first kappa shape index (κ1) is 21.3. The molecule has 6 nitrogen and oxygen atoms in total. The average molecular weight is 385 g/mol. The molecule has 28 heavy (non-hydrogen) atoms. The Labute approximate surface area is 165 Å². The number of nitrogens with one attached hydrogen (secondary N) is 1. The van der Waals surface area contributed by atoms with Gasteiger partial charge in [-0.15, -0.1) is 0 Å². The topological polar surface area (TPSA) is 73.9 Å². The minimum absolute atomic E-state index is 0.0358. The van der Waals surface area contributed by atoms with Crippen LogP contribution in [0.15, 0.2) is 42.5 Å². The first-order valence-electron chi connectivity index (χ1n) is 9.13. The average Bonchev–Trinajstić information content (AvgIpc) is 2.67. The summed E-state index contributed by atoms with van der Waals surface area (Å²) >= 11 is 0. The van der Waals surface area contributed by atoms with Gasteiger partial charge in [-0.05, 0) is 38.5 Å². The third kappa shape index (κ3) is 5.49. The number of carbonyl (C=O) groups excluding carboxylic acids is 2. The highest BCUT2D eigenvalue weighted by Crippen LogP contribution is 2.30. The molecule has 1 unspecified atom stereocenters. The number of methoxy groups -OCH3 is 2. The summed E-state index contributed by atoms with van der Waals surface area (Å²) in [4.78, 5) is 25.1. The van der Waals surface area contributed by atoms with Gasteiger partial charge in [-0.2, -0.15) is 0 Å². The molecule has 0 radical (unpaired) electrons. The molecule has 150 valence electrons. The third-order valence-corrected chi connectivity index (χ3v) is 4.26. The molecule has 0 aliphatic heterocycles. The number of rotatable bonds is 8. The van der Waals surface area contributed by atoms with E-state index in [1.54, 1.807) is 26.0 Å². The van der Waals surface area contributed by atoms with Gasteiger partial charge in [0.15, 0.2) is 0 Å². The van der Waals surface area contributed by atoms with Gasteiger partial charge in [0.25, 0.3) is 5.91 Å². The van der Waals surface area contributed by atoms with Gasteiger partial charge in [0.2, 0.25) is 0 Å². The first-order valence-corrected chi connectivity index (χ1v) is 9.13. The highest BCUT2D eigenvalue weighted by molar-refractivity contribution is 5.95. The lowest BCUT2D eigenvalue weighted by Crippen LogP contribution is -2.31. The summed E-state index contributed by atoms with van der Waals surface area (Å²) < 4.78 is 15.9. The fraction of sp³-hybridized carbons (Fsp3) is 0.364. The van der Waals surface area contributed by atoms with E-state index < -0.39 is 6.04 Å². The van der Waals surface area contributed by atoms with Crippen LogP contribution in [0.3, 0.4) is 0 Å². The minimum Gasteiger partial charge on any atom is -0.496 e. The number of esters is 1.